The number of nitrogens with one attached hydrogen (secondary N) is 1. The van der Waals surface area contributed by atoms with Gasteiger partial charge in [-0.2, -0.15) is 0 Å². The number of aliphatic carboxylic acids is 1. The number of aromatic nitrogens is 1. The van der Waals surface area contributed by atoms with Crippen LogP contribution in [-0.2, 0) is 11.2 Å². The lowest BCUT2D eigenvalue weighted by atomic mass is 10.00. The van der Waals surface area contributed by atoms with E-state index < -0.39 is 12.0 Å². The van der Waals surface area contributed by atoms with E-state index in [9.17, 15) is 9.18 Å². The van der Waals surface area contributed by atoms with Gasteiger partial charge >= 0.3 is 5.97 Å². The molecule has 1 aromatic heterocycles. The zero-order valence-corrected chi connectivity index (χ0v) is 11.7. The van der Waals surface area contributed by atoms with E-state index in [1.807, 2.05) is 18.2 Å². The molecule has 0 amide bonds. The fraction of sp³-hybridized carbons (Fsp3) is 0.118. The van der Waals surface area contributed by atoms with Crippen LogP contribution in [0.15, 0.2) is 48.7 Å². The molecule has 3 aromatic rings. The topological polar surface area (TPSA) is 79.1 Å². The highest BCUT2D eigenvalue weighted by Crippen LogP contribution is 2.30. The van der Waals surface area contributed by atoms with Crippen molar-refractivity contribution in [3.63, 3.8) is 0 Å². The number of hydrogen-bond acceptors (Lipinski definition) is 2. The first-order chi connectivity index (χ1) is 10.6. The molecule has 0 aliphatic heterocycles. The largest absolute Gasteiger partial charge is 0.480 e. The predicted molar refractivity (Wildman–Crippen MR) is 83.0 cm³/mol. The quantitative estimate of drug-likeness (QED) is 0.693. The number of carbonyl (C=O) groups is 1. The fourth-order valence-corrected chi connectivity index (χ4v) is 2.58. The molecule has 0 fully saturated rings. The van der Waals surface area contributed by atoms with Crippen molar-refractivity contribution >= 4 is 16.9 Å². The number of H-pyrrole nitrogens is 1. The minimum atomic E-state index is -1.02. The molecular weight excluding hydrogens is 283 g/mol. The average Bonchev–Trinajstić information content (AvgIpc) is 2.91. The van der Waals surface area contributed by atoms with Crippen LogP contribution in [-0.4, -0.2) is 22.1 Å². The highest BCUT2D eigenvalue weighted by molar-refractivity contribution is 5.96. The van der Waals surface area contributed by atoms with Crippen LogP contribution in [0.25, 0.3) is 22.0 Å². The molecule has 1 heterocycles. The molecule has 1 atom stereocenters. The summed E-state index contributed by atoms with van der Waals surface area (Å²) in [5, 5.41) is 9.87. The lowest BCUT2D eigenvalue weighted by Crippen LogP contribution is -2.32. The van der Waals surface area contributed by atoms with Gasteiger partial charge in [-0.3, -0.25) is 4.79 Å². The van der Waals surface area contributed by atoms with E-state index >= 15 is 0 Å². The molecule has 112 valence electrons. The van der Waals surface area contributed by atoms with Gasteiger partial charge in [0.2, 0.25) is 0 Å². The normalized spacial score (nSPS) is 12.5. The minimum absolute atomic E-state index is 0.252. The smallest absolute Gasteiger partial charge is 0.320 e. The molecule has 0 aliphatic carbocycles. The molecule has 0 aliphatic rings. The first kappa shape index (κ1) is 14.3. The number of hydrogen-bond donors (Lipinski definition) is 3. The van der Waals surface area contributed by atoms with Crippen molar-refractivity contribution in [2.75, 3.05) is 0 Å². The summed E-state index contributed by atoms with van der Waals surface area (Å²) in [6.07, 6.45) is 2.03. The Labute approximate surface area is 126 Å². The monoisotopic (exact) mass is 298 g/mol. The number of carboxylic acid groups (broad SMARTS) is 1. The van der Waals surface area contributed by atoms with Crippen LogP contribution in [0, 0.1) is 5.82 Å². The second-order valence-electron chi connectivity index (χ2n) is 5.20. The molecule has 5 heteroatoms. The molecule has 22 heavy (non-hydrogen) atoms. The molecule has 0 saturated carbocycles. The number of nitrogens with two attached hydrogens (primary N) is 1. The van der Waals surface area contributed by atoms with Gasteiger partial charge in [0.1, 0.15) is 11.9 Å². The highest BCUT2D eigenvalue weighted by Gasteiger charge is 2.16. The van der Waals surface area contributed by atoms with E-state index in [0.717, 1.165) is 27.6 Å². The Balaban J connectivity index is 2.05. The Morgan fingerprint density at radius 2 is 1.95 bits per heavy atom. The Morgan fingerprint density at radius 1 is 1.23 bits per heavy atom. The standard InChI is InChI=1S/C17H15FN2O2/c18-12-6-4-10(5-7-12)13-2-1-3-14-11(9-20-16(13)14)8-15(19)17(21)22/h1-7,9,15,20H,8,19H2,(H,21,22)/t15-/m0/s1. The van der Waals surface area contributed by atoms with Crippen molar-refractivity contribution in [3.8, 4) is 11.1 Å². The molecule has 2 aromatic carbocycles. The molecule has 0 radical (unpaired) electrons. The molecule has 0 spiro atoms. The van der Waals surface area contributed by atoms with Crippen LogP contribution >= 0.6 is 0 Å². The van der Waals surface area contributed by atoms with E-state index in [0.29, 0.717) is 0 Å². The van der Waals surface area contributed by atoms with Crippen LogP contribution in [0.2, 0.25) is 0 Å². The Hall–Kier alpha value is -2.66. The average molecular weight is 298 g/mol. The predicted octanol–water partition coefficient (Wildman–Crippen LogP) is 2.93. The van der Waals surface area contributed by atoms with E-state index in [-0.39, 0.29) is 12.2 Å². The van der Waals surface area contributed by atoms with Crippen molar-refractivity contribution < 1.29 is 14.3 Å². The van der Waals surface area contributed by atoms with E-state index in [2.05, 4.69) is 4.98 Å². The van der Waals surface area contributed by atoms with Crippen LogP contribution in [0.3, 0.4) is 0 Å². The van der Waals surface area contributed by atoms with Crippen molar-refractivity contribution in [2.24, 2.45) is 5.73 Å². The summed E-state index contributed by atoms with van der Waals surface area (Å²) in [6, 6.07) is 11.1. The molecule has 4 nitrogen and oxygen atoms in total. The summed E-state index contributed by atoms with van der Waals surface area (Å²) >= 11 is 0. The number of benzene rings is 2. The molecule has 0 unspecified atom stereocenters. The van der Waals surface area contributed by atoms with Crippen LogP contribution in [0.1, 0.15) is 5.56 Å². The van der Waals surface area contributed by atoms with E-state index in [4.69, 9.17) is 10.8 Å². The third kappa shape index (κ3) is 2.58. The first-order valence-corrected chi connectivity index (χ1v) is 6.89. The minimum Gasteiger partial charge on any atom is -0.480 e. The molecule has 3 rings (SSSR count). The van der Waals surface area contributed by atoms with Crippen LogP contribution < -0.4 is 5.73 Å². The second-order valence-corrected chi connectivity index (χ2v) is 5.20. The first-order valence-electron chi connectivity index (χ1n) is 6.89. The van der Waals surface area contributed by atoms with Gasteiger partial charge in [-0.25, -0.2) is 4.39 Å². The van der Waals surface area contributed by atoms with Crippen LogP contribution in [0.4, 0.5) is 4.39 Å². The number of fused-ring (bicyclic) bond motifs is 1. The number of carboxylic acids is 1. The van der Waals surface area contributed by atoms with E-state index in [1.165, 1.54) is 12.1 Å². The fourth-order valence-electron chi connectivity index (χ4n) is 2.58. The van der Waals surface area contributed by atoms with Gasteiger partial charge in [-0.05, 0) is 23.3 Å². The number of para-hydroxylation sites is 1. The van der Waals surface area contributed by atoms with Gasteiger partial charge in [-0.1, -0.05) is 30.3 Å². The van der Waals surface area contributed by atoms with Gasteiger partial charge in [0.05, 0.1) is 5.52 Å². The number of rotatable bonds is 4. The molecule has 0 bridgehead atoms. The SMILES string of the molecule is N[C@@H](Cc1c[nH]c2c(-c3ccc(F)cc3)cccc12)C(=O)O. The van der Waals surface area contributed by atoms with Crippen LogP contribution in [0.5, 0.6) is 0 Å². The van der Waals surface area contributed by atoms with Crippen molar-refractivity contribution in [1.29, 1.82) is 0 Å². The van der Waals surface area contributed by atoms with Gasteiger partial charge in [0, 0.05) is 23.6 Å². The van der Waals surface area contributed by atoms with Gasteiger partial charge in [-0.15, -0.1) is 0 Å². The summed E-state index contributed by atoms with van der Waals surface area (Å²) in [6.45, 7) is 0. The molecule has 0 saturated heterocycles. The maximum Gasteiger partial charge on any atom is 0.320 e. The Kier molecular flexibility index (Phi) is 3.65. The van der Waals surface area contributed by atoms with Gasteiger partial charge in [0.25, 0.3) is 0 Å². The number of aromatic amines is 1. The van der Waals surface area contributed by atoms with E-state index in [1.54, 1.807) is 18.3 Å². The van der Waals surface area contributed by atoms with Gasteiger partial charge < -0.3 is 15.8 Å². The van der Waals surface area contributed by atoms with Gasteiger partial charge in [0.15, 0.2) is 0 Å². The summed E-state index contributed by atoms with van der Waals surface area (Å²) in [5.74, 6) is -1.31. The third-order valence-corrected chi connectivity index (χ3v) is 3.71. The Morgan fingerprint density at radius 3 is 2.64 bits per heavy atom. The maximum atomic E-state index is 13.1. The molecular formula is C17H15FN2O2. The maximum absolute atomic E-state index is 13.1. The lowest BCUT2D eigenvalue weighted by Gasteiger charge is -2.06. The highest BCUT2D eigenvalue weighted by atomic mass is 19.1. The zero-order chi connectivity index (χ0) is 15.7. The summed E-state index contributed by atoms with van der Waals surface area (Å²) in [5.41, 5.74) is 9.18. The zero-order valence-electron chi connectivity index (χ0n) is 11.7. The summed E-state index contributed by atoms with van der Waals surface area (Å²) < 4.78 is 13.1. The van der Waals surface area contributed by atoms with Crippen molar-refractivity contribution in [1.82, 2.24) is 4.98 Å². The third-order valence-electron chi connectivity index (χ3n) is 3.71. The molecule has 4 N–H and O–H groups in total. The summed E-state index contributed by atoms with van der Waals surface area (Å²) in [7, 11) is 0. The van der Waals surface area contributed by atoms with Crippen molar-refractivity contribution in [2.45, 2.75) is 12.5 Å². The van der Waals surface area contributed by atoms with Crippen molar-refractivity contribution in [3.05, 3.63) is 60.0 Å². The Bertz CT molecular complexity index is 824. The second kappa shape index (κ2) is 5.61. The number of halogens is 1. The lowest BCUT2D eigenvalue weighted by molar-refractivity contribution is -0.138. The summed E-state index contributed by atoms with van der Waals surface area (Å²) in [4.78, 5) is 14.1.